The molecule has 2 aromatic carbocycles. The normalized spacial score (nSPS) is 20.2. The van der Waals surface area contributed by atoms with E-state index in [1.54, 1.807) is 6.07 Å². The molecule has 3 nitrogen and oxygen atoms in total. The van der Waals surface area contributed by atoms with E-state index in [0.29, 0.717) is 22.2 Å². The molecule has 0 fully saturated rings. The number of carbonyl (C=O) groups excluding carboxylic acids is 1. The molecule has 0 saturated heterocycles. The summed E-state index contributed by atoms with van der Waals surface area (Å²) in [6, 6.07) is 17.3. The fraction of sp³-hybridized carbons (Fsp3) is 0.263. The number of esters is 1. The lowest BCUT2D eigenvalue weighted by atomic mass is 10.1. The second-order valence-electron chi connectivity index (χ2n) is 5.91. The summed E-state index contributed by atoms with van der Waals surface area (Å²) < 4.78 is 5.50. The van der Waals surface area contributed by atoms with Gasteiger partial charge in [0.05, 0.1) is 10.6 Å². The number of aliphatic imine (C=N–C) groups is 1. The lowest BCUT2D eigenvalue weighted by Crippen LogP contribution is -2.36. The lowest BCUT2D eigenvalue weighted by molar-refractivity contribution is -0.137. The van der Waals surface area contributed by atoms with Gasteiger partial charge in [0.15, 0.2) is 0 Å². The maximum atomic E-state index is 12.7. The number of ether oxygens (including phenoxy) is 1. The second kappa shape index (κ2) is 6.99. The molecule has 2 aromatic rings. The predicted molar refractivity (Wildman–Crippen MR) is 99.4 cm³/mol. The second-order valence-corrected chi connectivity index (χ2v) is 7.52. The number of benzene rings is 2. The molecule has 0 spiro atoms. The van der Waals surface area contributed by atoms with Crippen LogP contribution < -0.4 is 0 Å². The van der Waals surface area contributed by atoms with Gasteiger partial charge in [-0.1, -0.05) is 67.9 Å². The molecule has 0 N–H and O–H groups in total. The van der Waals surface area contributed by atoms with E-state index in [1.807, 2.05) is 62.4 Å². The van der Waals surface area contributed by atoms with Gasteiger partial charge < -0.3 is 4.74 Å². The van der Waals surface area contributed by atoms with Crippen molar-refractivity contribution < 1.29 is 9.53 Å². The Morgan fingerprint density at radius 3 is 2.46 bits per heavy atom. The smallest absolute Gasteiger partial charge is 0.351 e. The van der Waals surface area contributed by atoms with Crippen LogP contribution in [0.15, 0.2) is 59.6 Å². The molecule has 3 rings (SSSR count). The van der Waals surface area contributed by atoms with Crippen LogP contribution in [0.3, 0.4) is 0 Å². The topological polar surface area (TPSA) is 38.7 Å². The largest absolute Gasteiger partial charge is 0.405 e. The van der Waals surface area contributed by atoms with Crippen LogP contribution in [-0.4, -0.2) is 16.7 Å². The Labute approximate surface area is 151 Å². The van der Waals surface area contributed by atoms with Crippen LogP contribution in [0, 0.1) is 5.92 Å². The summed E-state index contributed by atoms with van der Waals surface area (Å²) >= 11 is 7.72. The molecule has 0 saturated carbocycles. The molecule has 1 atom stereocenters. The summed E-state index contributed by atoms with van der Waals surface area (Å²) in [5, 5.41) is 0.525. The fourth-order valence-electron chi connectivity index (χ4n) is 2.52. The minimum absolute atomic E-state index is 0.00120. The minimum atomic E-state index is -0.940. The third-order valence-corrected chi connectivity index (χ3v) is 5.91. The van der Waals surface area contributed by atoms with Gasteiger partial charge in [0, 0.05) is 5.75 Å². The average molecular weight is 360 g/mol. The Kier molecular flexibility index (Phi) is 4.97. The number of thioether (sulfide) groups is 1. The molecule has 0 amide bonds. The molecule has 1 aliphatic heterocycles. The lowest BCUT2D eigenvalue weighted by Gasteiger charge is -2.25. The van der Waals surface area contributed by atoms with E-state index in [4.69, 9.17) is 16.3 Å². The quantitative estimate of drug-likeness (QED) is 0.710. The van der Waals surface area contributed by atoms with Gasteiger partial charge in [-0.2, -0.15) is 0 Å². The summed E-state index contributed by atoms with van der Waals surface area (Å²) in [6.07, 6.45) is 0. The molecular formula is C19H18ClNO2S. The van der Waals surface area contributed by atoms with Gasteiger partial charge in [-0.25, -0.2) is 9.79 Å². The van der Waals surface area contributed by atoms with E-state index >= 15 is 0 Å². The highest BCUT2D eigenvalue weighted by Crippen LogP contribution is 2.42. The number of hydrogen-bond donors (Lipinski definition) is 0. The first-order chi connectivity index (χ1) is 11.5. The van der Waals surface area contributed by atoms with E-state index < -0.39 is 4.87 Å². The molecule has 0 aliphatic carbocycles. The summed E-state index contributed by atoms with van der Waals surface area (Å²) in [7, 11) is 0. The van der Waals surface area contributed by atoms with Crippen LogP contribution >= 0.6 is 23.4 Å². The highest BCUT2D eigenvalue weighted by Gasteiger charge is 2.49. The molecule has 124 valence electrons. The molecular weight excluding hydrogens is 342 g/mol. The van der Waals surface area contributed by atoms with Crippen LogP contribution in [0.25, 0.3) is 0 Å². The van der Waals surface area contributed by atoms with Gasteiger partial charge in [-0.3, -0.25) is 0 Å². The number of carbonyl (C=O) groups is 1. The fourth-order valence-corrected chi connectivity index (χ4v) is 3.96. The molecule has 0 aromatic heterocycles. The monoisotopic (exact) mass is 359 g/mol. The van der Waals surface area contributed by atoms with Crippen molar-refractivity contribution >= 4 is 35.2 Å². The summed E-state index contributed by atoms with van der Waals surface area (Å²) in [5.74, 6) is 0.667. The van der Waals surface area contributed by atoms with Crippen LogP contribution in [0.1, 0.15) is 25.0 Å². The Balaban J connectivity index is 1.91. The van der Waals surface area contributed by atoms with Gasteiger partial charge in [0.25, 0.3) is 0 Å². The number of halogens is 1. The van der Waals surface area contributed by atoms with E-state index in [0.717, 1.165) is 5.56 Å². The number of cyclic esters (lactones) is 1. The van der Waals surface area contributed by atoms with E-state index in [2.05, 4.69) is 4.99 Å². The van der Waals surface area contributed by atoms with Gasteiger partial charge in [0.1, 0.15) is 0 Å². The summed E-state index contributed by atoms with van der Waals surface area (Å²) in [6.45, 7) is 3.97. The maximum absolute atomic E-state index is 12.7. The third-order valence-electron chi connectivity index (χ3n) is 3.94. The molecule has 5 heteroatoms. The van der Waals surface area contributed by atoms with Crippen LogP contribution in [-0.2, 0) is 15.3 Å². The Bertz CT molecular complexity index is 776. The molecule has 24 heavy (non-hydrogen) atoms. The van der Waals surface area contributed by atoms with Crippen molar-refractivity contribution in [1.82, 2.24) is 0 Å². The van der Waals surface area contributed by atoms with Gasteiger partial charge in [0.2, 0.25) is 10.8 Å². The molecule has 1 heterocycles. The van der Waals surface area contributed by atoms with Crippen LogP contribution in [0.2, 0.25) is 5.02 Å². The molecule has 0 bridgehead atoms. The van der Waals surface area contributed by atoms with Crippen molar-refractivity contribution in [2.24, 2.45) is 10.9 Å². The summed E-state index contributed by atoms with van der Waals surface area (Å²) in [4.78, 5) is 16.4. The average Bonchev–Trinajstić information content (AvgIpc) is 2.92. The SMILES string of the molecule is CC(C)[C@]1(SCc2ccccc2)N=C(c2ccccc2Cl)OC1=O. The summed E-state index contributed by atoms with van der Waals surface area (Å²) in [5.41, 5.74) is 1.80. The minimum Gasteiger partial charge on any atom is -0.405 e. The zero-order valence-corrected chi connectivity index (χ0v) is 15.1. The van der Waals surface area contributed by atoms with Gasteiger partial charge in [-0.05, 0) is 23.6 Å². The van der Waals surface area contributed by atoms with Crippen molar-refractivity contribution in [3.05, 3.63) is 70.7 Å². The van der Waals surface area contributed by atoms with E-state index in [1.165, 1.54) is 11.8 Å². The molecule has 1 aliphatic rings. The van der Waals surface area contributed by atoms with Crippen LogP contribution in [0.4, 0.5) is 0 Å². The highest BCUT2D eigenvalue weighted by atomic mass is 35.5. The van der Waals surface area contributed by atoms with Crippen molar-refractivity contribution in [2.45, 2.75) is 24.5 Å². The Hall–Kier alpha value is -1.78. The zero-order chi connectivity index (χ0) is 17.2. The van der Waals surface area contributed by atoms with Crippen molar-refractivity contribution in [3.63, 3.8) is 0 Å². The molecule has 0 unspecified atom stereocenters. The zero-order valence-electron chi connectivity index (χ0n) is 13.5. The first kappa shape index (κ1) is 17.1. The Morgan fingerprint density at radius 2 is 1.79 bits per heavy atom. The first-order valence-corrected chi connectivity index (χ1v) is 9.14. The maximum Gasteiger partial charge on any atom is 0.351 e. The number of rotatable bonds is 5. The standard InChI is InChI=1S/C19H18ClNO2S/c1-13(2)19(24-12-14-8-4-3-5-9-14)18(22)23-17(21-19)15-10-6-7-11-16(15)20/h3-11,13H,12H2,1-2H3/t19-/m1/s1. The Morgan fingerprint density at radius 1 is 1.12 bits per heavy atom. The van der Waals surface area contributed by atoms with Gasteiger partial charge in [-0.15, -0.1) is 11.8 Å². The van der Waals surface area contributed by atoms with Crippen LogP contribution in [0.5, 0.6) is 0 Å². The highest BCUT2D eigenvalue weighted by molar-refractivity contribution is 8.00. The third kappa shape index (κ3) is 3.21. The van der Waals surface area contributed by atoms with Gasteiger partial charge >= 0.3 is 5.97 Å². The van der Waals surface area contributed by atoms with E-state index in [-0.39, 0.29) is 11.9 Å². The predicted octanol–water partition coefficient (Wildman–Crippen LogP) is 4.93. The first-order valence-electron chi connectivity index (χ1n) is 7.78. The molecule has 0 radical (unpaired) electrons. The van der Waals surface area contributed by atoms with E-state index in [9.17, 15) is 4.79 Å². The van der Waals surface area contributed by atoms with Crippen molar-refractivity contribution in [1.29, 1.82) is 0 Å². The van der Waals surface area contributed by atoms with Crippen molar-refractivity contribution in [3.8, 4) is 0 Å². The number of hydrogen-bond acceptors (Lipinski definition) is 4. The number of nitrogens with zero attached hydrogens (tertiary/aromatic N) is 1. The van der Waals surface area contributed by atoms with Crippen molar-refractivity contribution in [2.75, 3.05) is 0 Å².